The fraction of sp³-hybridized carbons (Fsp3) is 0.323. The Kier molecular flexibility index (Phi) is 7.12. The Hall–Kier alpha value is -4.61. The standard InChI is InChI=1S/C31H32N2O9/c1-33(2)25-18-13-16-12-17-15(7-5-14-6-10-20(41-3)21(11-14)42-4)8-9-19(34)23(17)26(35)22(16)28(37)31(18,40)29(38)24(27(25)36)30(32)39/h5-11,16,18,25,34-35,38,40H,12-13H2,1-4H3,(H2,32,39)/b7-5+/t16-,18-,25-,31-/m1/s1. The van der Waals surface area contributed by atoms with Crippen molar-refractivity contribution in [3.8, 4) is 17.2 Å². The number of aromatic hydroxyl groups is 1. The number of fused-ring (bicyclic) bond motifs is 3. The number of carbonyl (C=O) groups is 3. The highest BCUT2D eigenvalue weighted by atomic mass is 16.5. The first-order valence-corrected chi connectivity index (χ1v) is 13.3. The van der Waals surface area contributed by atoms with Crippen LogP contribution >= 0.6 is 0 Å². The molecule has 0 spiro atoms. The smallest absolute Gasteiger partial charge is 0.255 e. The summed E-state index contributed by atoms with van der Waals surface area (Å²) in [6.07, 6.45) is 3.83. The van der Waals surface area contributed by atoms with Gasteiger partial charge in [-0.2, -0.15) is 0 Å². The van der Waals surface area contributed by atoms with Gasteiger partial charge in [-0.25, -0.2) is 0 Å². The lowest BCUT2D eigenvalue weighted by Gasteiger charge is -2.50. The Balaban J connectivity index is 1.63. The van der Waals surface area contributed by atoms with Crippen LogP contribution in [0.15, 0.2) is 47.2 Å². The number of ether oxygens (including phenoxy) is 2. The largest absolute Gasteiger partial charge is 0.508 e. The van der Waals surface area contributed by atoms with Crippen molar-refractivity contribution in [1.82, 2.24) is 4.90 Å². The van der Waals surface area contributed by atoms with Gasteiger partial charge in [0.05, 0.1) is 25.8 Å². The third kappa shape index (κ3) is 4.15. The van der Waals surface area contributed by atoms with E-state index in [0.717, 1.165) is 5.56 Å². The summed E-state index contributed by atoms with van der Waals surface area (Å²) >= 11 is 0. The first-order valence-electron chi connectivity index (χ1n) is 13.3. The number of Topliss-reactive ketones (excluding diaryl/α,β-unsaturated/α-hetero) is 2. The van der Waals surface area contributed by atoms with E-state index in [4.69, 9.17) is 15.2 Å². The maximum Gasteiger partial charge on any atom is 0.255 e. The number of benzene rings is 2. The van der Waals surface area contributed by atoms with E-state index in [1.165, 1.54) is 18.1 Å². The van der Waals surface area contributed by atoms with Gasteiger partial charge < -0.3 is 35.6 Å². The zero-order valence-electron chi connectivity index (χ0n) is 23.5. The van der Waals surface area contributed by atoms with Crippen LogP contribution in [-0.2, 0) is 20.8 Å². The SMILES string of the molecule is COc1ccc(/C=C/c2ccc(O)c3c2C[C@@H]2C[C@@H]4[C@@H](N(C)C)C(=O)C(C(N)=O)=C(O)[C@]4(O)C(=O)C2=C3O)cc1OC. The third-order valence-corrected chi connectivity index (χ3v) is 8.50. The number of likely N-dealkylation sites (N-methyl/N-ethyl adjacent to an activating group) is 1. The van der Waals surface area contributed by atoms with E-state index in [1.54, 1.807) is 45.5 Å². The Labute approximate surface area is 241 Å². The monoisotopic (exact) mass is 576 g/mol. The summed E-state index contributed by atoms with van der Waals surface area (Å²) in [7, 11) is 6.19. The molecule has 0 aliphatic heterocycles. The summed E-state index contributed by atoms with van der Waals surface area (Å²) in [6.45, 7) is 0. The number of rotatable bonds is 6. The van der Waals surface area contributed by atoms with Crippen molar-refractivity contribution in [2.75, 3.05) is 28.3 Å². The Morgan fingerprint density at radius 3 is 2.36 bits per heavy atom. The van der Waals surface area contributed by atoms with Gasteiger partial charge in [-0.05, 0) is 67.7 Å². The van der Waals surface area contributed by atoms with E-state index in [-0.39, 0.29) is 29.7 Å². The number of primary amides is 1. The van der Waals surface area contributed by atoms with Crippen LogP contribution in [0.3, 0.4) is 0 Å². The normalized spacial score (nSPS) is 25.4. The average molecular weight is 577 g/mol. The molecule has 11 heteroatoms. The van der Waals surface area contributed by atoms with E-state index in [0.29, 0.717) is 22.6 Å². The van der Waals surface area contributed by atoms with Gasteiger partial charge in [0.1, 0.15) is 22.8 Å². The van der Waals surface area contributed by atoms with Gasteiger partial charge in [-0.3, -0.25) is 19.3 Å². The number of amides is 1. The number of aliphatic hydroxyl groups is 3. The fourth-order valence-electron chi connectivity index (χ4n) is 6.57. The highest BCUT2D eigenvalue weighted by Crippen LogP contribution is 2.53. The van der Waals surface area contributed by atoms with E-state index >= 15 is 0 Å². The highest BCUT2D eigenvalue weighted by molar-refractivity contribution is 6.24. The minimum Gasteiger partial charge on any atom is -0.508 e. The molecule has 3 aliphatic rings. The van der Waals surface area contributed by atoms with Crippen LogP contribution in [0.1, 0.15) is 28.7 Å². The zero-order chi connectivity index (χ0) is 30.7. The molecule has 42 heavy (non-hydrogen) atoms. The quantitative estimate of drug-likeness (QED) is 0.253. The first-order chi connectivity index (χ1) is 19.9. The molecule has 220 valence electrons. The number of carbonyl (C=O) groups excluding carboxylic acids is 3. The van der Waals surface area contributed by atoms with Crippen LogP contribution < -0.4 is 15.2 Å². The molecule has 6 N–H and O–H groups in total. The van der Waals surface area contributed by atoms with Crippen LogP contribution in [-0.4, -0.2) is 82.8 Å². The lowest BCUT2D eigenvalue weighted by Crippen LogP contribution is -2.65. The van der Waals surface area contributed by atoms with Gasteiger partial charge in [0.2, 0.25) is 5.78 Å². The molecule has 0 radical (unpaired) electrons. The average Bonchev–Trinajstić information content (AvgIpc) is 2.94. The Morgan fingerprint density at radius 1 is 1.05 bits per heavy atom. The summed E-state index contributed by atoms with van der Waals surface area (Å²) in [5, 5.41) is 44.8. The van der Waals surface area contributed by atoms with Gasteiger partial charge in [-0.15, -0.1) is 0 Å². The molecule has 2 aromatic carbocycles. The predicted octanol–water partition coefficient (Wildman–Crippen LogP) is 2.15. The minimum absolute atomic E-state index is 0.0141. The van der Waals surface area contributed by atoms with Crippen LogP contribution in [0.4, 0.5) is 0 Å². The number of ketones is 2. The number of nitrogens with zero attached hydrogens (tertiary/aromatic N) is 1. The number of hydrogen-bond acceptors (Lipinski definition) is 10. The number of nitrogens with two attached hydrogens (primary N) is 1. The number of phenolic OH excluding ortho intramolecular Hbond substituents is 1. The minimum atomic E-state index is -2.68. The van der Waals surface area contributed by atoms with Crippen LogP contribution in [0, 0.1) is 11.8 Å². The summed E-state index contributed by atoms with van der Waals surface area (Å²) in [5.41, 5.74) is 3.71. The molecule has 2 aromatic rings. The number of methoxy groups -OCH3 is 2. The van der Waals surface area contributed by atoms with E-state index in [1.807, 2.05) is 12.1 Å². The van der Waals surface area contributed by atoms with Crippen LogP contribution in [0.5, 0.6) is 17.2 Å². The van der Waals surface area contributed by atoms with Gasteiger partial charge in [-0.1, -0.05) is 24.3 Å². The fourth-order valence-corrected chi connectivity index (χ4v) is 6.57. The molecule has 0 bridgehead atoms. The third-order valence-electron chi connectivity index (χ3n) is 8.50. The summed E-state index contributed by atoms with van der Waals surface area (Å²) < 4.78 is 10.7. The van der Waals surface area contributed by atoms with Gasteiger partial charge in [0, 0.05) is 11.5 Å². The van der Waals surface area contributed by atoms with Gasteiger partial charge in [0.15, 0.2) is 22.9 Å². The van der Waals surface area contributed by atoms with Gasteiger partial charge >= 0.3 is 0 Å². The second kappa shape index (κ2) is 10.3. The van der Waals surface area contributed by atoms with Crippen molar-refractivity contribution >= 4 is 35.4 Å². The Bertz CT molecular complexity index is 1620. The van der Waals surface area contributed by atoms with Crippen molar-refractivity contribution in [3.05, 3.63) is 69.5 Å². The topological polar surface area (TPSA) is 180 Å². The molecular weight excluding hydrogens is 544 g/mol. The number of hydrogen-bond donors (Lipinski definition) is 5. The van der Waals surface area contributed by atoms with E-state index in [9.17, 15) is 34.8 Å². The molecule has 4 atom stereocenters. The van der Waals surface area contributed by atoms with Gasteiger partial charge in [0.25, 0.3) is 5.91 Å². The molecule has 1 saturated carbocycles. The van der Waals surface area contributed by atoms with Crippen molar-refractivity contribution in [3.63, 3.8) is 0 Å². The lowest BCUT2D eigenvalue weighted by atomic mass is 9.57. The summed E-state index contributed by atoms with van der Waals surface area (Å²) in [5.74, 6) is -5.74. The molecule has 5 rings (SSSR count). The lowest BCUT2D eigenvalue weighted by molar-refractivity contribution is -0.153. The Morgan fingerprint density at radius 2 is 1.74 bits per heavy atom. The van der Waals surface area contributed by atoms with Crippen molar-refractivity contribution < 1.29 is 44.3 Å². The highest BCUT2D eigenvalue weighted by Gasteiger charge is 2.64. The van der Waals surface area contributed by atoms with Crippen molar-refractivity contribution in [1.29, 1.82) is 0 Å². The summed E-state index contributed by atoms with van der Waals surface area (Å²) in [4.78, 5) is 40.8. The second-order valence-electron chi connectivity index (χ2n) is 10.9. The summed E-state index contributed by atoms with van der Waals surface area (Å²) in [6, 6.07) is 7.32. The molecule has 0 unspecified atom stereocenters. The molecule has 0 aromatic heterocycles. The maximum atomic E-state index is 13.9. The molecule has 11 nitrogen and oxygen atoms in total. The van der Waals surface area contributed by atoms with E-state index < -0.39 is 58.0 Å². The number of phenols is 1. The first kappa shape index (κ1) is 28.9. The molecule has 1 amide bonds. The molecule has 0 saturated heterocycles. The molecule has 1 fully saturated rings. The molecular formula is C31H32N2O9. The predicted molar refractivity (Wildman–Crippen MR) is 153 cm³/mol. The second-order valence-corrected chi connectivity index (χ2v) is 10.9. The van der Waals surface area contributed by atoms with Crippen molar-refractivity contribution in [2.45, 2.75) is 24.5 Å². The number of aliphatic hydroxyl groups excluding tert-OH is 2. The van der Waals surface area contributed by atoms with E-state index in [2.05, 4.69) is 0 Å². The van der Waals surface area contributed by atoms with Crippen LogP contribution in [0.25, 0.3) is 17.9 Å². The van der Waals surface area contributed by atoms with Crippen LogP contribution in [0.2, 0.25) is 0 Å². The molecule has 3 aliphatic carbocycles. The maximum absolute atomic E-state index is 13.9. The zero-order valence-corrected chi connectivity index (χ0v) is 23.5. The molecule has 0 heterocycles. The van der Waals surface area contributed by atoms with Crippen molar-refractivity contribution in [2.24, 2.45) is 17.6 Å².